The highest BCUT2D eigenvalue weighted by molar-refractivity contribution is 6.30. The SMILES string of the molecule is CCCCCCCCc1ccc(-c2ccc(OC(=O)[C@@H](Cl)[C@@H](C)CC)cc2)nc1. The molecule has 2 aromatic rings. The molecule has 1 heterocycles. The van der Waals surface area contributed by atoms with Crippen LogP contribution in [0.15, 0.2) is 42.6 Å². The summed E-state index contributed by atoms with van der Waals surface area (Å²) >= 11 is 6.16. The van der Waals surface area contributed by atoms with Gasteiger partial charge >= 0.3 is 5.97 Å². The van der Waals surface area contributed by atoms with E-state index in [-0.39, 0.29) is 5.92 Å². The summed E-state index contributed by atoms with van der Waals surface area (Å²) in [6, 6.07) is 11.6. The van der Waals surface area contributed by atoms with Crippen molar-refractivity contribution in [1.29, 1.82) is 0 Å². The van der Waals surface area contributed by atoms with Gasteiger partial charge in [-0.2, -0.15) is 0 Å². The number of aryl methyl sites for hydroxylation is 1. The van der Waals surface area contributed by atoms with Crippen molar-refractivity contribution in [3.8, 4) is 17.0 Å². The van der Waals surface area contributed by atoms with Gasteiger partial charge in [0.25, 0.3) is 0 Å². The third-order valence-corrected chi connectivity index (χ3v) is 5.99. The molecule has 2 rings (SSSR count). The van der Waals surface area contributed by atoms with Gasteiger partial charge in [-0.05, 0) is 54.7 Å². The summed E-state index contributed by atoms with van der Waals surface area (Å²) in [7, 11) is 0. The van der Waals surface area contributed by atoms with Crippen molar-refractivity contribution in [3.05, 3.63) is 48.2 Å². The number of nitrogens with zero attached hydrogens (tertiary/aromatic N) is 1. The molecule has 158 valence electrons. The first-order chi connectivity index (χ1) is 14.0. The molecule has 0 fully saturated rings. The zero-order chi connectivity index (χ0) is 21.1. The highest BCUT2D eigenvalue weighted by atomic mass is 35.5. The second-order valence-electron chi connectivity index (χ2n) is 7.80. The van der Waals surface area contributed by atoms with Gasteiger partial charge in [0.05, 0.1) is 5.69 Å². The Morgan fingerprint density at radius 3 is 2.31 bits per heavy atom. The molecule has 4 heteroatoms. The first-order valence-electron chi connectivity index (χ1n) is 11.0. The quantitative estimate of drug-likeness (QED) is 0.159. The van der Waals surface area contributed by atoms with E-state index in [1.54, 1.807) is 12.1 Å². The fraction of sp³-hybridized carbons (Fsp3) is 0.520. The van der Waals surface area contributed by atoms with Gasteiger partial charge in [0.1, 0.15) is 11.1 Å². The van der Waals surface area contributed by atoms with Gasteiger partial charge in [0, 0.05) is 11.8 Å². The smallest absolute Gasteiger partial charge is 0.329 e. The van der Waals surface area contributed by atoms with Gasteiger partial charge in [-0.3, -0.25) is 9.78 Å². The minimum Gasteiger partial charge on any atom is -0.425 e. The van der Waals surface area contributed by atoms with Gasteiger partial charge in [-0.25, -0.2) is 0 Å². The molecule has 0 saturated carbocycles. The molecule has 0 aliphatic rings. The number of rotatable bonds is 12. The lowest BCUT2D eigenvalue weighted by atomic mass is 10.0. The van der Waals surface area contributed by atoms with Crippen LogP contribution in [0.5, 0.6) is 5.75 Å². The average Bonchev–Trinajstić information content (AvgIpc) is 2.76. The summed E-state index contributed by atoms with van der Waals surface area (Å²) in [6.07, 6.45) is 11.7. The van der Waals surface area contributed by atoms with Crippen LogP contribution >= 0.6 is 11.6 Å². The lowest BCUT2D eigenvalue weighted by Gasteiger charge is -2.15. The third-order valence-electron chi connectivity index (χ3n) is 5.38. The monoisotopic (exact) mass is 415 g/mol. The molecule has 29 heavy (non-hydrogen) atoms. The second-order valence-corrected chi connectivity index (χ2v) is 8.27. The summed E-state index contributed by atoms with van der Waals surface area (Å²) in [4.78, 5) is 16.7. The standard InChI is InChI=1S/C25H34ClNO2/c1-4-6-7-8-9-10-11-20-12-17-23(27-18-20)21-13-15-22(16-14-21)29-25(28)24(26)19(3)5-2/h12-19,24H,4-11H2,1-3H3/t19-,24-/m0/s1. The Bertz CT molecular complexity index is 727. The van der Waals surface area contributed by atoms with E-state index in [9.17, 15) is 4.79 Å². The molecule has 0 amide bonds. The van der Waals surface area contributed by atoms with Crippen LogP contribution in [0.25, 0.3) is 11.3 Å². The average molecular weight is 416 g/mol. The van der Waals surface area contributed by atoms with E-state index in [4.69, 9.17) is 16.3 Å². The van der Waals surface area contributed by atoms with E-state index < -0.39 is 11.3 Å². The van der Waals surface area contributed by atoms with E-state index >= 15 is 0 Å². The van der Waals surface area contributed by atoms with E-state index in [0.29, 0.717) is 5.75 Å². The first-order valence-corrected chi connectivity index (χ1v) is 11.4. The number of carbonyl (C=O) groups is 1. The van der Waals surface area contributed by atoms with E-state index in [2.05, 4.69) is 24.0 Å². The van der Waals surface area contributed by atoms with Crippen LogP contribution in [-0.2, 0) is 11.2 Å². The normalized spacial score (nSPS) is 13.1. The lowest BCUT2D eigenvalue weighted by molar-refractivity contribution is -0.134. The Kier molecular flexibility index (Phi) is 10.2. The highest BCUT2D eigenvalue weighted by Gasteiger charge is 2.23. The lowest BCUT2D eigenvalue weighted by Crippen LogP contribution is -2.26. The van der Waals surface area contributed by atoms with Crippen LogP contribution < -0.4 is 4.74 Å². The predicted molar refractivity (Wildman–Crippen MR) is 121 cm³/mol. The Labute approximate surface area is 180 Å². The number of ether oxygens (including phenoxy) is 1. The Hall–Kier alpha value is -1.87. The topological polar surface area (TPSA) is 39.2 Å². The maximum atomic E-state index is 12.1. The molecule has 0 aliphatic carbocycles. The van der Waals surface area contributed by atoms with Gasteiger partial charge in [-0.1, -0.05) is 65.4 Å². The maximum absolute atomic E-state index is 12.1. The van der Waals surface area contributed by atoms with Gasteiger partial charge < -0.3 is 4.74 Å². The van der Waals surface area contributed by atoms with Crippen LogP contribution in [-0.4, -0.2) is 16.3 Å². The number of unbranched alkanes of at least 4 members (excludes halogenated alkanes) is 5. The van der Waals surface area contributed by atoms with Gasteiger partial charge in [0.15, 0.2) is 0 Å². The predicted octanol–water partition coefficient (Wildman–Crippen LogP) is 7.21. The molecule has 3 nitrogen and oxygen atoms in total. The summed E-state index contributed by atoms with van der Waals surface area (Å²) in [5.41, 5.74) is 3.21. The van der Waals surface area contributed by atoms with Crippen LogP contribution in [0.4, 0.5) is 0 Å². The van der Waals surface area contributed by atoms with Crippen LogP contribution in [0.3, 0.4) is 0 Å². The number of carbonyl (C=O) groups excluding carboxylic acids is 1. The zero-order valence-electron chi connectivity index (χ0n) is 18.0. The fourth-order valence-electron chi connectivity index (χ4n) is 3.16. The van der Waals surface area contributed by atoms with E-state index in [0.717, 1.165) is 24.1 Å². The maximum Gasteiger partial charge on any atom is 0.329 e. The van der Waals surface area contributed by atoms with E-state index in [1.165, 1.54) is 44.1 Å². The molecule has 0 radical (unpaired) electrons. The molecule has 1 aromatic heterocycles. The van der Waals surface area contributed by atoms with Gasteiger partial charge in [0.2, 0.25) is 0 Å². The van der Waals surface area contributed by atoms with Crippen LogP contribution in [0.1, 0.15) is 71.3 Å². The molecular weight excluding hydrogens is 382 g/mol. The van der Waals surface area contributed by atoms with Crippen molar-refractivity contribution >= 4 is 17.6 Å². The fourth-order valence-corrected chi connectivity index (χ4v) is 3.38. The minimum atomic E-state index is -0.625. The zero-order valence-corrected chi connectivity index (χ0v) is 18.8. The summed E-state index contributed by atoms with van der Waals surface area (Å²) < 4.78 is 5.40. The van der Waals surface area contributed by atoms with Crippen molar-refractivity contribution in [2.45, 2.75) is 77.5 Å². The second kappa shape index (κ2) is 12.6. The first kappa shape index (κ1) is 23.4. The molecule has 0 N–H and O–H groups in total. The number of pyridine rings is 1. The van der Waals surface area contributed by atoms with Crippen molar-refractivity contribution in [1.82, 2.24) is 4.98 Å². The molecule has 0 unspecified atom stereocenters. The van der Waals surface area contributed by atoms with Crippen molar-refractivity contribution < 1.29 is 9.53 Å². The number of hydrogen-bond acceptors (Lipinski definition) is 3. The molecule has 1 aromatic carbocycles. The number of aromatic nitrogens is 1. The molecular formula is C25H34ClNO2. The van der Waals surface area contributed by atoms with Crippen molar-refractivity contribution in [3.63, 3.8) is 0 Å². The van der Waals surface area contributed by atoms with Crippen molar-refractivity contribution in [2.75, 3.05) is 0 Å². The summed E-state index contributed by atoms with van der Waals surface area (Å²) in [6.45, 7) is 6.20. The molecule has 0 saturated heterocycles. The Morgan fingerprint density at radius 1 is 1.00 bits per heavy atom. The number of hydrogen-bond donors (Lipinski definition) is 0. The molecule has 2 atom stereocenters. The van der Waals surface area contributed by atoms with Crippen molar-refractivity contribution in [2.24, 2.45) is 5.92 Å². The van der Waals surface area contributed by atoms with Crippen LogP contribution in [0, 0.1) is 5.92 Å². The summed E-state index contributed by atoms with van der Waals surface area (Å²) in [5.74, 6) is 0.195. The third kappa shape index (κ3) is 7.81. The molecule has 0 spiro atoms. The van der Waals surface area contributed by atoms with Crippen LogP contribution in [0.2, 0.25) is 0 Å². The molecule has 0 aliphatic heterocycles. The highest BCUT2D eigenvalue weighted by Crippen LogP contribution is 2.23. The summed E-state index contributed by atoms with van der Waals surface area (Å²) in [5, 5.41) is -0.625. The van der Waals surface area contributed by atoms with Gasteiger partial charge in [-0.15, -0.1) is 11.6 Å². The number of benzene rings is 1. The number of halogens is 1. The Balaban J connectivity index is 1.85. The Morgan fingerprint density at radius 2 is 1.69 bits per heavy atom. The van der Waals surface area contributed by atoms with E-state index in [1.807, 2.05) is 32.2 Å². The molecule has 0 bridgehead atoms. The number of alkyl halides is 1. The number of esters is 1. The largest absolute Gasteiger partial charge is 0.425 e. The minimum absolute atomic E-state index is 0.0856.